The molecule has 14 aromatic carbocycles. The predicted molar refractivity (Wildman–Crippen MR) is 408 cm³/mol. The summed E-state index contributed by atoms with van der Waals surface area (Å²) < 4.78 is 2.30. The fourth-order valence-corrected chi connectivity index (χ4v) is 16.9. The summed E-state index contributed by atoms with van der Waals surface area (Å²) in [5.41, 5.74) is 30.6. The van der Waals surface area contributed by atoms with Gasteiger partial charge in [-0.15, -0.1) is 0 Å². The second kappa shape index (κ2) is 22.4. The monoisotopic (exact) mass is 1270 g/mol. The van der Waals surface area contributed by atoms with Crippen molar-refractivity contribution in [2.24, 2.45) is 0 Å². The highest BCUT2D eigenvalue weighted by Gasteiger charge is 2.47. The van der Waals surface area contributed by atoms with Crippen molar-refractivity contribution in [1.82, 2.24) is 19.5 Å². The second-order valence-electron chi connectivity index (χ2n) is 27.9. The average Bonchev–Trinajstić information content (AvgIpc) is 1.55. The zero-order valence-electron chi connectivity index (χ0n) is 55.5. The Hall–Kier alpha value is -12.3. The smallest absolute Gasteiger partial charge is 0.238 e. The molecule has 0 N–H and O–H groups in total. The number of hydrogen-bond donors (Lipinski definition) is 0. The van der Waals surface area contributed by atoms with Gasteiger partial charge in [-0.3, -0.25) is 4.57 Å². The topological polar surface area (TPSA) is 46.8 Å². The van der Waals surface area contributed by atoms with Crippen molar-refractivity contribution in [3.05, 3.63) is 378 Å². The van der Waals surface area contributed by atoms with Gasteiger partial charge in [-0.05, 0) is 184 Å². The number of fused-ring (bicyclic) bond motifs is 12. The lowest BCUT2D eigenvalue weighted by molar-refractivity contribution is 0.660. The Morgan fingerprint density at radius 1 is 0.253 bits per heavy atom. The SMILES string of the molecule is CC1(C)c2ccccc2-c2ccc(-c3nc(-c4ccccc4)nc(-n4c5ccc(-c6ccc(N(c7cccc(-c8ccccc8)c7)c7ccc8c(c7)C(c7ccccc7)(c7ccccc7)c7cc(-c9ccccc9)ccc7-8)cc6)cc5c5cc6c(cc54)C(C)(C)c4ccccc4-6)n3)cc21. The molecule has 0 spiro atoms. The molecule has 0 bridgehead atoms. The van der Waals surface area contributed by atoms with Gasteiger partial charge in [0.25, 0.3) is 0 Å². The van der Waals surface area contributed by atoms with E-state index >= 15 is 0 Å². The van der Waals surface area contributed by atoms with Gasteiger partial charge in [0.05, 0.1) is 16.4 Å². The maximum absolute atomic E-state index is 5.56. The van der Waals surface area contributed by atoms with E-state index < -0.39 is 5.41 Å². The van der Waals surface area contributed by atoms with Crippen molar-refractivity contribution in [1.29, 1.82) is 0 Å². The minimum Gasteiger partial charge on any atom is -0.310 e. The molecule has 16 aromatic rings. The third-order valence-electron chi connectivity index (χ3n) is 21.7. The van der Waals surface area contributed by atoms with E-state index in [2.05, 4.69) is 365 Å². The van der Waals surface area contributed by atoms with Crippen LogP contribution in [0.1, 0.15) is 72.2 Å². The third-order valence-corrected chi connectivity index (χ3v) is 21.7. The highest BCUT2D eigenvalue weighted by Crippen LogP contribution is 2.59. The van der Waals surface area contributed by atoms with Crippen LogP contribution >= 0.6 is 0 Å². The molecule has 19 rings (SSSR count). The van der Waals surface area contributed by atoms with E-state index in [0.717, 1.165) is 72.2 Å². The van der Waals surface area contributed by atoms with Gasteiger partial charge in [-0.25, -0.2) is 4.98 Å². The number of benzene rings is 14. The molecular formula is C94H67N5. The first-order valence-electron chi connectivity index (χ1n) is 34.4. The van der Waals surface area contributed by atoms with Crippen LogP contribution in [0, 0.1) is 0 Å². The van der Waals surface area contributed by atoms with Gasteiger partial charge in [0, 0.05) is 49.8 Å². The number of anilines is 3. The molecule has 0 fully saturated rings. The second-order valence-corrected chi connectivity index (χ2v) is 27.9. The zero-order chi connectivity index (χ0) is 66.1. The van der Waals surface area contributed by atoms with E-state index in [4.69, 9.17) is 15.0 Å². The number of rotatable bonds is 11. The average molecular weight is 1270 g/mol. The number of hydrogen-bond acceptors (Lipinski definition) is 4. The van der Waals surface area contributed by atoms with Crippen molar-refractivity contribution < 1.29 is 0 Å². The van der Waals surface area contributed by atoms with Crippen LogP contribution in [0.25, 0.3) is 117 Å². The van der Waals surface area contributed by atoms with E-state index in [-0.39, 0.29) is 10.8 Å². The van der Waals surface area contributed by atoms with E-state index in [0.29, 0.717) is 17.6 Å². The molecule has 0 unspecified atom stereocenters. The maximum Gasteiger partial charge on any atom is 0.238 e. The minimum atomic E-state index is -0.639. The lowest BCUT2D eigenvalue weighted by Crippen LogP contribution is -2.28. The van der Waals surface area contributed by atoms with Gasteiger partial charge in [0.2, 0.25) is 5.95 Å². The molecule has 3 aliphatic carbocycles. The van der Waals surface area contributed by atoms with E-state index in [1.807, 2.05) is 6.07 Å². The summed E-state index contributed by atoms with van der Waals surface area (Å²) in [5, 5.41) is 2.25. The Labute approximate surface area is 577 Å². The first-order valence-corrected chi connectivity index (χ1v) is 34.4. The molecule has 2 heterocycles. The molecule has 0 saturated carbocycles. The van der Waals surface area contributed by atoms with E-state index in [1.165, 1.54) is 89.0 Å². The van der Waals surface area contributed by atoms with Crippen LogP contribution in [-0.2, 0) is 16.2 Å². The molecule has 0 radical (unpaired) electrons. The Morgan fingerprint density at radius 2 is 0.667 bits per heavy atom. The van der Waals surface area contributed by atoms with Gasteiger partial charge >= 0.3 is 0 Å². The summed E-state index contributed by atoms with van der Waals surface area (Å²) in [4.78, 5) is 18.8. The van der Waals surface area contributed by atoms with Gasteiger partial charge in [0.1, 0.15) is 0 Å². The van der Waals surface area contributed by atoms with E-state index in [1.54, 1.807) is 0 Å². The fraction of sp³-hybridized carbons (Fsp3) is 0.0745. The van der Waals surface area contributed by atoms with Crippen LogP contribution in [0.5, 0.6) is 0 Å². The van der Waals surface area contributed by atoms with Crippen molar-refractivity contribution in [3.63, 3.8) is 0 Å². The normalized spacial score (nSPS) is 13.9. The van der Waals surface area contributed by atoms with E-state index in [9.17, 15) is 0 Å². The van der Waals surface area contributed by atoms with Gasteiger partial charge in [-0.2, -0.15) is 9.97 Å². The minimum absolute atomic E-state index is 0.201. The Kier molecular flexibility index (Phi) is 13.1. The Morgan fingerprint density at radius 3 is 1.30 bits per heavy atom. The van der Waals surface area contributed by atoms with Crippen molar-refractivity contribution >= 4 is 38.9 Å². The molecule has 99 heavy (non-hydrogen) atoms. The highest BCUT2D eigenvalue weighted by molar-refractivity contribution is 6.13. The number of nitrogens with zero attached hydrogens (tertiary/aromatic N) is 5. The molecule has 2 aromatic heterocycles. The molecule has 468 valence electrons. The molecular weight excluding hydrogens is 1200 g/mol. The Balaban J connectivity index is 0.781. The lowest BCUT2D eigenvalue weighted by atomic mass is 9.67. The molecule has 0 amide bonds. The summed E-state index contributed by atoms with van der Waals surface area (Å²) in [6.07, 6.45) is 0. The largest absolute Gasteiger partial charge is 0.310 e. The molecule has 5 heteroatoms. The molecule has 0 atom stereocenters. The van der Waals surface area contributed by atoms with Gasteiger partial charge < -0.3 is 4.90 Å². The summed E-state index contributed by atoms with van der Waals surface area (Å²) in [5.74, 6) is 1.82. The van der Waals surface area contributed by atoms with Crippen LogP contribution in [0.4, 0.5) is 17.1 Å². The highest BCUT2D eigenvalue weighted by atomic mass is 15.2. The van der Waals surface area contributed by atoms with Gasteiger partial charge in [-0.1, -0.05) is 289 Å². The quantitative estimate of drug-likeness (QED) is 0.129. The number of aromatic nitrogens is 4. The first-order chi connectivity index (χ1) is 48.6. The van der Waals surface area contributed by atoms with Crippen molar-refractivity contribution in [2.75, 3.05) is 4.90 Å². The summed E-state index contributed by atoms with van der Waals surface area (Å²) in [6.45, 7) is 9.36. The van der Waals surface area contributed by atoms with Gasteiger partial charge in [0.15, 0.2) is 11.6 Å². The Bertz CT molecular complexity index is 5850. The predicted octanol–water partition coefficient (Wildman–Crippen LogP) is 23.7. The van der Waals surface area contributed by atoms with Crippen LogP contribution in [0.3, 0.4) is 0 Å². The summed E-state index contributed by atoms with van der Waals surface area (Å²) in [6, 6.07) is 123. The lowest BCUT2D eigenvalue weighted by Gasteiger charge is -2.35. The standard InChI is InChI=1S/C94H67N5/c1-92(2)81-39-22-20-37-73(81)75-50-44-67(56-83(75)92)90-95-89(63-29-14-7-15-30-63)96-91(97-90)99-87-52-45-65(54-79(87)80-58-78-74-38-21-23-40-82(74)93(3,4)84(78)59-88(80)99)62-41-46-70(47-42-62)98(71-36-24-31-64(53-71)60-25-10-5-11-26-60)72-48-51-77-76-49-43-66(61-27-12-6-13-28-61)55-85(76)94(86(77)57-72,68-32-16-8-17-33-68)69-34-18-9-19-35-69/h5-59H,1-4H3. The molecule has 5 nitrogen and oxygen atoms in total. The van der Waals surface area contributed by atoms with Crippen LogP contribution in [0.2, 0.25) is 0 Å². The first kappa shape index (κ1) is 58.1. The van der Waals surface area contributed by atoms with Crippen molar-refractivity contribution in [2.45, 2.75) is 43.9 Å². The van der Waals surface area contributed by atoms with Crippen molar-refractivity contribution in [3.8, 4) is 95.5 Å². The molecule has 0 saturated heterocycles. The van der Waals surface area contributed by atoms with Crippen LogP contribution in [0.15, 0.2) is 334 Å². The third kappa shape index (κ3) is 9.04. The zero-order valence-corrected chi connectivity index (χ0v) is 55.5. The maximum atomic E-state index is 5.56. The van der Waals surface area contributed by atoms with Crippen LogP contribution in [-0.4, -0.2) is 19.5 Å². The van der Waals surface area contributed by atoms with Crippen LogP contribution < -0.4 is 4.90 Å². The molecule has 3 aliphatic rings. The fourth-order valence-electron chi connectivity index (χ4n) is 16.9. The summed E-state index contributed by atoms with van der Waals surface area (Å²) >= 11 is 0. The summed E-state index contributed by atoms with van der Waals surface area (Å²) in [7, 11) is 0. The molecule has 0 aliphatic heterocycles.